The highest BCUT2D eigenvalue weighted by atomic mass is 14.1. The van der Waals surface area contributed by atoms with Crippen molar-refractivity contribution in [3.05, 3.63) is 71.8 Å². The van der Waals surface area contributed by atoms with Gasteiger partial charge < -0.3 is 0 Å². The molecule has 0 nitrogen and oxygen atoms in total. The monoisotopic (exact) mass is 322 g/mol. The standard InChI is InChI=1S/C14H16.C8H12.C2H6/c1-11(2)10-13-8-5-7-12-6-3-4-9-14(12)13;1-2-8-6-4-3-5-7-8;1-2/h3-9,11H,10H2,1-2H3;4,6-7H,2-3,5H2,1H3;1-2H3. The van der Waals surface area contributed by atoms with Crippen LogP contribution in [0.25, 0.3) is 10.8 Å². The van der Waals surface area contributed by atoms with Crippen LogP contribution in [-0.2, 0) is 6.42 Å². The lowest BCUT2D eigenvalue weighted by Crippen LogP contribution is -1.94. The SMILES string of the molecule is CC.CC(C)Cc1cccc2ccccc12.CCC1=CCCC=C1. The molecule has 0 aliphatic heterocycles. The van der Waals surface area contributed by atoms with Crippen molar-refractivity contribution in [3.63, 3.8) is 0 Å². The number of fused-ring (bicyclic) bond motifs is 1. The van der Waals surface area contributed by atoms with Gasteiger partial charge in [-0.25, -0.2) is 0 Å². The molecule has 0 spiro atoms. The summed E-state index contributed by atoms with van der Waals surface area (Å²) >= 11 is 0. The molecule has 0 amide bonds. The molecule has 0 heteroatoms. The summed E-state index contributed by atoms with van der Waals surface area (Å²) in [5.74, 6) is 0.723. The fourth-order valence-corrected chi connectivity index (χ4v) is 2.84. The van der Waals surface area contributed by atoms with Gasteiger partial charge in [0.1, 0.15) is 0 Å². The summed E-state index contributed by atoms with van der Waals surface area (Å²) in [5.41, 5.74) is 2.97. The maximum atomic E-state index is 2.32. The van der Waals surface area contributed by atoms with Gasteiger partial charge in [-0.15, -0.1) is 0 Å². The van der Waals surface area contributed by atoms with Crippen molar-refractivity contribution in [2.45, 2.75) is 60.3 Å². The van der Waals surface area contributed by atoms with Crippen LogP contribution in [0.15, 0.2) is 66.3 Å². The maximum absolute atomic E-state index is 2.32. The Balaban J connectivity index is 0.000000245. The third kappa shape index (κ3) is 6.74. The van der Waals surface area contributed by atoms with Crippen LogP contribution >= 0.6 is 0 Å². The Morgan fingerprint density at radius 3 is 2.21 bits per heavy atom. The number of hydrogen-bond acceptors (Lipinski definition) is 0. The van der Waals surface area contributed by atoms with E-state index in [1.807, 2.05) is 13.8 Å². The largest absolute Gasteiger partial charge is 0.0840 e. The zero-order valence-corrected chi connectivity index (χ0v) is 16.2. The van der Waals surface area contributed by atoms with E-state index >= 15 is 0 Å². The van der Waals surface area contributed by atoms with Crippen molar-refractivity contribution in [1.29, 1.82) is 0 Å². The second-order valence-corrected chi connectivity index (χ2v) is 6.35. The predicted molar refractivity (Wildman–Crippen MR) is 111 cm³/mol. The highest BCUT2D eigenvalue weighted by Crippen LogP contribution is 2.20. The first kappa shape index (κ1) is 20.2. The highest BCUT2D eigenvalue weighted by molar-refractivity contribution is 5.85. The van der Waals surface area contributed by atoms with Crippen LogP contribution in [0.1, 0.15) is 59.4 Å². The molecule has 0 fully saturated rings. The molecule has 0 aromatic heterocycles. The molecule has 1 aliphatic carbocycles. The fourth-order valence-electron chi connectivity index (χ4n) is 2.84. The minimum Gasteiger partial charge on any atom is -0.0840 e. The van der Waals surface area contributed by atoms with E-state index in [0.29, 0.717) is 0 Å². The van der Waals surface area contributed by atoms with Crippen LogP contribution in [0.4, 0.5) is 0 Å². The van der Waals surface area contributed by atoms with E-state index in [-0.39, 0.29) is 0 Å². The Morgan fingerprint density at radius 2 is 1.62 bits per heavy atom. The Hall–Kier alpha value is -1.82. The van der Waals surface area contributed by atoms with Gasteiger partial charge in [0, 0.05) is 0 Å². The van der Waals surface area contributed by atoms with Crippen LogP contribution in [0.5, 0.6) is 0 Å². The zero-order valence-electron chi connectivity index (χ0n) is 16.2. The van der Waals surface area contributed by atoms with E-state index in [9.17, 15) is 0 Å². The van der Waals surface area contributed by atoms with E-state index in [4.69, 9.17) is 0 Å². The van der Waals surface area contributed by atoms with Crippen molar-refractivity contribution in [2.75, 3.05) is 0 Å². The average molecular weight is 323 g/mol. The molecule has 2 aromatic carbocycles. The second-order valence-electron chi connectivity index (χ2n) is 6.35. The van der Waals surface area contributed by atoms with Crippen molar-refractivity contribution in [3.8, 4) is 0 Å². The van der Waals surface area contributed by atoms with Crippen LogP contribution in [-0.4, -0.2) is 0 Å². The third-order valence-electron chi connectivity index (χ3n) is 3.99. The summed E-state index contributed by atoms with van der Waals surface area (Å²) < 4.78 is 0. The number of hydrogen-bond donors (Lipinski definition) is 0. The Kier molecular flexibility index (Phi) is 9.84. The summed E-state index contributed by atoms with van der Waals surface area (Å²) in [5, 5.41) is 2.76. The van der Waals surface area contributed by atoms with Gasteiger partial charge in [0.2, 0.25) is 0 Å². The average Bonchev–Trinajstić information content (AvgIpc) is 2.64. The molecule has 0 radical (unpaired) electrons. The molecule has 0 saturated carbocycles. The fraction of sp³-hybridized carbons (Fsp3) is 0.417. The number of benzene rings is 2. The van der Waals surface area contributed by atoms with E-state index in [1.165, 1.54) is 47.6 Å². The molecule has 3 rings (SSSR count). The molecule has 0 N–H and O–H groups in total. The minimum absolute atomic E-state index is 0.723. The summed E-state index contributed by atoms with van der Waals surface area (Å²) in [6, 6.07) is 15.2. The lowest BCUT2D eigenvalue weighted by Gasteiger charge is -2.08. The van der Waals surface area contributed by atoms with E-state index in [2.05, 4.69) is 81.5 Å². The van der Waals surface area contributed by atoms with Crippen LogP contribution < -0.4 is 0 Å². The van der Waals surface area contributed by atoms with Crippen molar-refractivity contribution in [2.24, 2.45) is 5.92 Å². The summed E-state index contributed by atoms with van der Waals surface area (Å²) in [7, 11) is 0. The molecule has 130 valence electrons. The number of allylic oxidation sites excluding steroid dienone is 4. The molecule has 2 aromatic rings. The third-order valence-corrected chi connectivity index (χ3v) is 3.99. The van der Waals surface area contributed by atoms with Crippen molar-refractivity contribution < 1.29 is 0 Å². The van der Waals surface area contributed by atoms with Gasteiger partial charge in [0.15, 0.2) is 0 Å². The van der Waals surface area contributed by atoms with Gasteiger partial charge in [-0.2, -0.15) is 0 Å². The van der Waals surface area contributed by atoms with Gasteiger partial charge >= 0.3 is 0 Å². The van der Waals surface area contributed by atoms with Gasteiger partial charge in [-0.3, -0.25) is 0 Å². The Bertz CT molecular complexity index is 639. The van der Waals surface area contributed by atoms with E-state index in [1.54, 1.807) is 0 Å². The Labute approximate surface area is 149 Å². The molecule has 0 saturated heterocycles. The van der Waals surface area contributed by atoms with Crippen LogP contribution in [0, 0.1) is 5.92 Å². The lowest BCUT2D eigenvalue weighted by atomic mass is 9.97. The topological polar surface area (TPSA) is 0 Å². The summed E-state index contributed by atoms with van der Waals surface area (Å²) in [6.45, 7) is 10.7. The normalized spacial score (nSPS) is 12.8. The van der Waals surface area contributed by atoms with E-state index < -0.39 is 0 Å². The molecule has 0 bridgehead atoms. The molecule has 0 unspecified atom stereocenters. The van der Waals surface area contributed by atoms with Gasteiger partial charge in [-0.05, 0) is 47.9 Å². The van der Waals surface area contributed by atoms with E-state index in [0.717, 1.165) is 5.92 Å². The first-order valence-corrected chi connectivity index (χ1v) is 9.53. The van der Waals surface area contributed by atoms with Crippen molar-refractivity contribution in [1.82, 2.24) is 0 Å². The summed E-state index contributed by atoms with van der Waals surface area (Å²) in [6.07, 6.45) is 11.6. The highest BCUT2D eigenvalue weighted by Gasteiger charge is 2.01. The number of rotatable bonds is 3. The first-order valence-electron chi connectivity index (χ1n) is 9.53. The van der Waals surface area contributed by atoms with Gasteiger partial charge in [0.25, 0.3) is 0 Å². The molecule has 24 heavy (non-hydrogen) atoms. The van der Waals surface area contributed by atoms with Gasteiger partial charge in [-0.1, -0.05) is 101 Å². The van der Waals surface area contributed by atoms with Crippen LogP contribution in [0.3, 0.4) is 0 Å². The molecular weight excluding hydrogens is 288 g/mol. The quantitative estimate of drug-likeness (QED) is 0.542. The minimum atomic E-state index is 0.723. The van der Waals surface area contributed by atoms with Gasteiger partial charge in [0.05, 0.1) is 0 Å². The molecule has 0 atom stereocenters. The predicted octanol–water partition coefficient (Wildman–Crippen LogP) is 7.74. The zero-order chi connectivity index (χ0) is 17.8. The lowest BCUT2D eigenvalue weighted by molar-refractivity contribution is 0.650. The molecule has 0 heterocycles. The smallest absolute Gasteiger partial charge is 0.0152 e. The summed E-state index contributed by atoms with van der Waals surface area (Å²) in [4.78, 5) is 0. The van der Waals surface area contributed by atoms with Crippen LogP contribution in [0.2, 0.25) is 0 Å². The maximum Gasteiger partial charge on any atom is -0.0152 e. The first-order chi connectivity index (χ1) is 11.7. The molecule has 1 aliphatic rings. The molecular formula is C24H34. The Morgan fingerprint density at radius 1 is 0.917 bits per heavy atom. The van der Waals surface area contributed by atoms with Crippen molar-refractivity contribution >= 4 is 10.8 Å². The second kappa shape index (κ2) is 11.7.